The van der Waals surface area contributed by atoms with E-state index in [0.29, 0.717) is 23.9 Å². The van der Waals surface area contributed by atoms with Crippen LogP contribution in [-0.2, 0) is 11.2 Å². The van der Waals surface area contributed by atoms with Crippen molar-refractivity contribution in [3.8, 4) is 11.5 Å². The minimum absolute atomic E-state index is 0.0248. The molecule has 3 amide bonds. The molecule has 2 aromatic rings. The van der Waals surface area contributed by atoms with Gasteiger partial charge in [-0.2, -0.15) is 8.78 Å². The molecule has 1 fully saturated rings. The number of alkyl halides is 2. The number of thiazole rings is 1. The summed E-state index contributed by atoms with van der Waals surface area (Å²) in [7, 11) is 1.33. The molecule has 2 N–H and O–H groups in total. The fourth-order valence-electron chi connectivity index (χ4n) is 2.47. The van der Waals surface area contributed by atoms with E-state index in [1.807, 2.05) is 0 Å². The minimum Gasteiger partial charge on any atom is -0.493 e. The molecule has 1 aromatic heterocycles. The number of carbonyl (C=O) groups excluding carboxylic acids is 2. The minimum atomic E-state index is -3.01. The summed E-state index contributed by atoms with van der Waals surface area (Å²) in [6.07, 6.45) is -0.0248. The number of hydrogen-bond donors (Lipinski definition) is 2. The summed E-state index contributed by atoms with van der Waals surface area (Å²) >= 11 is 1.27. The molecule has 0 radical (unpaired) electrons. The van der Waals surface area contributed by atoms with E-state index in [4.69, 9.17) is 4.74 Å². The molecule has 1 aromatic carbocycles. The van der Waals surface area contributed by atoms with E-state index in [2.05, 4.69) is 20.4 Å². The smallest absolute Gasteiger partial charge is 0.387 e. The number of methoxy groups -OCH3 is 1. The first-order chi connectivity index (χ1) is 13.0. The molecule has 1 aliphatic heterocycles. The Labute approximate surface area is 157 Å². The van der Waals surface area contributed by atoms with Crippen LogP contribution in [0.5, 0.6) is 11.5 Å². The second-order valence-corrected chi connectivity index (χ2v) is 6.31. The molecule has 0 bridgehead atoms. The zero-order valence-corrected chi connectivity index (χ0v) is 15.0. The van der Waals surface area contributed by atoms with E-state index < -0.39 is 6.61 Å². The zero-order valence-electron chi connectivity index (χ0n) is 14.2. The van der Waals surface area contributed by atoms with Crippen molar-refractivity contribution in [2.24, 2.45) is 0 Å². The van der Waals surface area contributed by atoms with E-state index in [1.54, 1.807) is 5.38 Å². The monoisotopic (exact) mass is 398 g/mol. The maximum Gasteiger partial charge on any atom is 0.387 e. The lowest BCUT2D eigenvalue weighted by Crippen LogP contribution is -2.27. The normalized spacial score (nSPS) is 13.6. The van der Waals surface area contributed by atoms with Crippen molar-refractivity contribution in [2.45, 2.75) is 13.0 Å². The Morgan fingerprint density at radius 2 is 2.26 bits per heavy atom. The van der Waals surface area contributed by atoms with Crippen LogP contribution in [0.25, 0.3) is 0 Å². The molecule has 0 aliphatic carbocycles. The van der Waals surface area contributed by atoms with Crippen molar-refractivity contribution in [1.29, 1.82) is 0 Å². The van der Waals surface area contributed by atoms with Gasteiger partial charge in [0.1, 0.15) is 0 Å². The highest BCUT2D eigenvalue weighted by molar-refractivity contribution is 7.14. The van der Waals surface area contributed by atoms with E-state index in [1.165, 1.54) is 41.5 Å². The summed E-state index contributed by atoms with van der Waals surface area (Å²) < 4.78 is 34.3. The highest BCUT2D eigenvalue weighted by Gasteiger charge is 2.24. The van der Waals surface area contributed by atoms with Gasteiger partial charge in [-0.1, -0.05) is 0 Å². The van der Waals surface area contributed by atoms with Gasteiger partial charge in [-0.25, -0.2) is 9.78 Å². The number of benzene rings is 1. The average Bonchev–Trinajstić information content (AvgIpc) is 3.23. The van der Waals surface area contributed by atoms with Crippen molar-refractivity contribution in [2.75, 3.05) is 30.4 Å². The third kappa shape index (κ3) is 4.61. The van der Waals surface area contributed by atoms with Crippen LogP contribution in [0.2, 0.25) is 0 Å². The van der Waals surface area contributed by atoms with Crippen LogP contribution < -0.4 is 25.0 Å². The number of anilines is 2. The van der Waals surface area contributed by atoms with Gasteiger partial charge in [0.2, 0.25) is 5.91 Å². The highest BCUT2D eigenvalue weighted by atomic mass is 32.1. The fraction of sp³-hybridized carbons (Fsp3) is 0.312. The topological polar surface area (TPSA) is 92.8 Å². The van der Waals surface area contributed by atoms with Gasteiger partial charge in [-0.05, 0) is 12.1 Å². The highest BCUT2D eigenvalue weighted by Crippen LogP contribution is 2.31. The molecule has 144 valence electrons. The standard InChI is InChI=1S/C16H16F2N4O4S/c1-25-11-3-2-9(6-12(11)26-14(17)18)20-13(23)7-10-8-27-16(21-10)22-5-4-19-15(22)24/h2-3,6,8,14H,4-5,7H2,1H3,(H,19,24)(H,20,23). The number of carbonyl (C=O) groups is 2. The van der Waals surface area contributed by atoms with Gasteiger partial charge in [0, 0.05) is 30.2 Å². The number of nitrogens with zero attached hydrogens (tertiary/aromatic N) is 2. The number of urea groups is 1. The van der Waals surface area contributed by atoms with Crippen molar-refractivity contribution in [3.05, 3.63) is 29.3 Å². The summed E-state index contributed by atoms with van der Waals surface area (Å²) in [6.45, 7) is -1.94. The molecule has 3 rings (SSSR count). The van der Waals surface area contributed by atoms with Gasteiger partial charge < -0.3 is 20.1 Å². The summed E-state index contributed by atoms with van der Waals surface area (Å²) in [5.74, 6) is -0.437. The number of ether oxygens (including phenoxy) is 2. The Hall–Kier alpha value is -2.95. The second-order valence-electron chi connectivity index (χ2n) is 5.47. The van der Waals surface area contributed by atoms with Crippen molar-refractivity contribution >= 4 is 34.1 Å². The van der Waals surface area contributed by atoms with Crippen LogP contribution in [-0.4, -0.2) is 43.7 Å². The Balaban J connectivity index is 1.64. The van der Waals surface area contributed by atoms with E-state index >= 15 is 0 Å². The predicted octanol–water partition coefficient (Wildman–Crippen LogP) is 2.46. The molecule has 11 heteroatoms. The Kier molecular flexibility index (Phi) is 5.69. The molecule has 8 nitrogen and oxygen atoms in total. The number of hydrogen-bond acceptors (Lipinski definition) is 6. The number of aromatic nitrogens is 1. The van der Waals surface area contributed by atoms with Crippen LogP contribution in [0.15, 0.2) is 23.6 Å². The molecule has 27 heavy (non-hydrogen) atoms. The first-order valence-electron chi connectivity index (χ1n) is 7.88. The molecule has 1 aliphatic rings. The summed E-state index contributed by atoms with van der Waals surface area (Å²) in [5, 5.41) is 7.49. The maximum absolute atomic E-state index is 12.5. The van der Waals surface area contributed by atoms with Crippen LogP contribution in [0.4, 0.5) is 24.4 Å². The summed E-state index contributed by atoms with van der Waals surface area (Å²) in [5.41, 5.74) is 0.788. The van der Waals surface area contributed by atoms with Gasteiger partial charge in [0.05, 0.1) is 19.2 Å². The lowest BCUT2D eigenvalue weighted by Gasteiger charge is -2.12. The van der Waals surface area contributed by atoms with Gasteiger partial charge in [-0.15, -0.1) is 11.3 Å². The van der Waals surface area contributed by atoms with Crippen LogP contribution in [0.1, 0.15) is 5.69 Å². The number of nitrogens with one attached hydrogen (secondary N) is 2. The fourth-order valence-corrected chi connectivity index (χ4v) is 3.32. The number of halogens is 2. The van der Waals surface area contributed by atoms with Crippen LogP contribution in [0, 0.1) is 0 Å². The van der Waals surface area contributed by atoms with E-state index in [0.717, 1.165) is 0 Å². The number of amides is 3. The average molecular weight is 398 g/mol. The van der Waals surface area contributed by atoms with Crippen LogP contribution >= 0.6 is 11.3 Å². The molecular formula is C16H16F2N4O4S. The van der Waals surface area contributed by atoms with Crippen molar-refractivity contribution in [1.82, 2.24) is 10.3 Å². The molecular weight excluding hydrogens is 382 g/mol. The number of rotatable bonds is 7. The lowest BCUT2D eigenvalue weighted by atomic mass is 10.2. The summed E-state index contributed by atoms with van der Waals surface area (Å²) in [6, 6.07) is 3.96. The second kappa shape index (κ2) is 8.16. The first-order valence-corrected chi connectivity index (χ1v) is 8.76. The van der Waals surface area contributed by atoms with Crippen molar-refractivity contribution < 1.29 is 27.8 Å². The van der Waals surface area contributed by atoms with Crippen LogP contribution in [0.3, 0.4) is 0 Å². The third-order valence-corrected chi connectivity index (χ3v) is 4.54. The molecule has 2 heterocycles. The van der Waals surface area contributed by atoms with E-state index in [-0.39, 0.29) is 35.5 Å². The Morgan fingerprint density at radius 3 is 2.93 bits per heavy atom. The summed E-state index contributed by atoms with van der Waals surface area (Å²) in [4.78, 5) is 29.6. The molecule has 0 unspecified atom stereocenters. The van der Waals surface area contributed by atoms with Gasteiger partial charge in [0.15, 0.2) is 16.6 Å². The Morgan fingerprint density at radius 1 is 1.44 bits per heavy atom. The Bertz CT molecular complexity index is 846. The molecule has 0 saturated carbocycles. The van der Waals surface area contributed by atoms with Gasteiger partial charge >= 0.3 is 12.6 Å². The first kappa shape index (κ1) is 18.8. The predicted molar refractivity (Wildman–Crippen MR) is 94.8 cm³/mol. The quantitative estimate of drug-likeness (QED) is 0.748. The molecule has 0 spiro atoms. The maximum atomic E-state index is 12.5. The van der Waals surface area contributed by atoms with Crippen molar-refractivity contribution in [3.63, 3.8) is 0 Å². The SMILES string of the molecule is COc1ccc(NC(=O)Cc2csc(N3CCNC3=O)n2)cc1OC(F)F. The molecule has 1 saturated heterocycles. The molecule has 0 atom stereocenters. The van der Waals surface area contributed by atoms with Gasteiger partial charge in [-0.3, -0.25) is 9.69 Å². The van der Waals surface area contributed by atoms with Gasteiger partial charge in [0.25, 0.3) is 0 Å². The van der Waals surface area contributed by atoms with E-state index in [9.17, 15) is 18.4 Å². The largest absolute Gasteiger partial charge is 0.493 e. The third-order valence-electron chi connectivity index (χ3n) is 3.63. The lowest BCUT2D eigenvalue weighted by molar-refractivity contribution is -0.115. The zero-order chi connectivity index (χ0) is 19.4.